The molecule has 0 spiro atoms. The molecule has 0 bridgehead atoms. The van der Waals surface area contributed by atoms with E-state index < -0.39 is 12.0 Å². The van der Waals surface area contributed by atoms with Gasteiger partial charge in [0.15, 0.2) is 0 Å². The van der Waals surface area contributed by atoms with Crippen LogP contribution in [-0.4, -0.2) is 75.3 Å². The third-order valence-electron chi connectivity index (χ3n) is 6.69. The number of amides is 2. The smallest absolute Gasteiger partial charge is 0.329 e. The van der Waals surface area contributed by atoms with Crippen molar-refractivity contribution in [2.75, 3.05) is 37.7 Å². The van der Waals surface area contributed by atoms with Crippen molar-refractivity contribution in [3.05, 3.63) is 53.5 Å². The maximum absolute atomic E-state index is 13.1. The van der Waals surface area contributed by atoms with Crippen LogP contribution in [0.4, 0.5) is 10.6 Å². The molecule has 35 heavy (non-hydrogen) atoms. The summed E-state index contributed by atoms with van der Waals surface area (Å²) in [6.45, 7) is 4.46. The highest BCUT2D eigenvalue weighted by molar-refractivity contribution is 5.84. The van der Waals surface area contributed by atoms with E-state index in [1.807, 2.05) is 34.8 Å². The topological polar surface area (TPSA) is 105 Å². The van der Waals surface area contributed by atoms with Crippen LogP contribution in [0.15, 0.2) is 36.7 Å². The maximum Gasteiger partial charge on any atom is 0.329 e. The Kier molecular flexibility index (Phi) is 6.78. The van der Waals surface area contributed by atoms with E-state index in [1.165, 1.54) is 5.56 Å². The molecule has 10 nitrogen and oxygen atoms in total. The Labute approximate surface area is 204 Å². The van der Waals surface area contributed by atoms with Crippen molar-refractivity contribution in [3.8, 4) is 0 Å². The summed E-state index contributed by atoms with van der Waals surface area (Å²) in [5.41, 5.74) is 3.33. The van der Waals surface area contributed by atoms with E-state index in [0.29, 0.717) is 38.4 Å². The van der Waals surface area contributed by atoms with Gasteiger partial charge in [-0.2, -0.15) is 14.6 Å². The van der Waals surface area contributed by atoms with Gasteiger partial charge in [0.2, 0.25) is 0 Å². The highest BCUT2D eigenvalue weighted by Crippen LogP contribution is 2.30. The number of aromatic nitrogens is 4. The number of fused-ring (bicyclic) bond motifs is 2. The summed E-state index contributed by atoms with van der Waals surface area (Å²) in [6, 6.07) is 8.67. The number of esters is 1. The minimum Gasteiger partial charge on any atom is -0.464 e. The molecule has 10 heteroatoms. The fourth-order valence-electron chi connectivity index (χ4n) is 4.94. The summed E-state index contributed by atoms with van der Waals surface area (Å²) in [6.07, 6.45) is 6.16. The summed E-state index contributed by atoms with van der Waals surface area (Å²) in [7, 11) is 0. The van der Waals surface area contributed by atoms with E-state index in [0.717, 1.165) is 42.8 Å². The molecule has 1 atom stereocenters. The fraction of sp³-hybridized carbons (Fsp3) is 0.480. The summed E-state index contributed by atoms with van der Waals surface area (Å²) < 4.78 is 7.05. The summed E-state index contributed by atoms with van der Waals surface area (Å²) in [5, 5.41) is 7.34. The van der Waals surface area contributed by atoms with Gasteiger partial charge in [0.25, 0.3) is 5.78 Å². The van der Waals surface area contributed by atoms with Crippen LogP contribution >= 0.6 is 0 Å². The van der Waals surface area contributed by atoms with Gasteiger partial charge in [0.05, 0.1) is 12.3 Å². The first-order chi connectivity index (χ1) is 17.1. The van der Waals surface area contributed by atoms with Gasteiger partial charge < -0.3 is 19.9 Å². The molecule has 2 aliphatic rings. The predicted octanol–water partition coefficient (Wildman–Crippen LogP) is 2.01. The van der Waals surface area contributed by atoms with Crippen molar-refractivity contribution in [1.29, 1.82) is 0 Å². The highest BCUT2D eigenvalue weighted by Gasteiger charge is 2.30. The quantitative estimate of drug-likeness (QED) is 0.542. The lowest BCUT2D eigenvalue weighted by atomic mass is 9.96. The number of nitrogens with zero attached hydrogens (tertiary/aromatic N) is 6. The van der Waals surface area contributed by atoms with Crippen molar-refractivity contribution in [2.45, 2.75) is 45.1 Å². The second-order valence-electron chi connectivity index (χ2n) is 8.96. The van der Waals surface area contributed by atoms with E-state index >= 15 is 0 Å². The first-order valence-corrected chi connectivity index (χ1v) is 12.4. The molecule has 5 rings (SSSR count). The second kappa shape index (κ2) is 10.3. The third-order valence-corrected chi connectivity index (χ3v) is 6.69. The summed E-state index contributed by atoms with van der Waals surface area (Å²) >= 11 is 0. The van der Waals surface area contributed by atoms with E-state index in [2.05, 4.69) is 20.3 Å². The maximum atomic E-state index is 13.1. The van der Waals surface area contributed by atoms with Crippen LogP contribution in [0, 0.1) is 0 Å². The fourth-order valence-corrected chi connectivity index (χ4v) is 4.94. The number of aryl methyl sites for hydroxylation is 1. The number of urea groups is 1. The Bertz CT molecular complexity index is 1190. The van der Waals surface area contributed by atoms with E-state index in [-0.39, 0.29) is 12.6 Å². The molecule has 1 unspecified atom stereocenters. The zero-order valence-corrected chi connectivity index (χ0v) is 20.0. The van der Waals surface area contributed by atoms with Crippen LogP contribution in [0.25, 0.3) is 5.78 Å². The van der Waals surface area contributed by atoms with Gasteiger partial charge in [-0.05, 0) is 38.2 Å². The number of benzene rings is 1. The van der Waals surface area contributed by atoms with Crippen molar-refractivity contribution in [2.24, 2.45) is 0 Å². The zero-order chi connectivity index (χ0) is 24.2. The normalized spacial score (nSPS) is 16.6. The van der Waals surface area contributed by atoms with Gasteiger partial charge in [0, 0.05) is 38.2 Å². The number of hydrogen-bond donors (Lipinski definition) is 1. The Hall–Kier alpha value is -3.69. The largest absolute Gasteiger partial charge is 0.464 e. The first-order valence-electron chi connectivity index (χ1n) is 12.4. The SMILES string of the molecule is CCOC(=O)C(Cc1ccccc1)NC(=O)N1CCN(c2c3c(nc4ncnn24)CCCC3)CC1. The number of anilines is 1. The monoisotopic (exact) mass is 477 g/mol. The van der Waals surface area contributed by atoms with Gasteiger partial charge in [-0.25, -0.2) is 14.6 Å². The zero-order valence-electron chi connectivity index (χ0n) is 20.0. The molecule has 1 aliphatic heterocycles. The molecule has 1 fully saturated rings. The van der Waals surface area contributed by atoms with Gasteiger partial charge in [-0.15, -0.1) is 0 Å². The van der Waals surface area contributed by atoms with Crippen molar-refractivity contribution < 1.29 is 14.3 Å². The van der Waals surface area contributed by atoms with E-state index in [1.54, 1.807) is 18.2 Å². The van der Waals surface area contributed by atoms with Crippen LogP contribution in [0.5, 0.6) is 0 Å². The summed E-state index contributed by atoms with van der Waals surface area (Å²) in [4.78, 5) is 38.7. The minimum atomic E-state index is -0.732. The molecule has 184 valence electrons. The van der Waals surface area contributed by atoms with Crippen LogP contribution in [-0.2, 0) is 28.8 Å². The average Bonchev–Trinajstić information content (AvgIpc) is 3.36. The van der Waals surface area contributed by atoms with Crippen LogP contribution < -0.4 is 10.2 Å². The minimum absolute atomic E-state index is 0.249. The molecule has 2 aromatic heterocycles. The molecular formula is C25H31N7O3. The predicted molar refractivity (Wildman–Crippen MR) is 130 cm³/mol. The third kappa shape index (κ3) is 4.91. The lowest BCUT2D eigenvalue weighted by Crippen LogP contribution is -2.55. The van der Waals surface area contributed by atoms with Gasteiger partial charge in [0.1, 0.15) is 18.2 Å². The second-order valence-corrected chi connectivity index (χ2v) is 8.96. The molecule has 0 radical (unpaired) electrons. The Morgan fingerprint density at radius 1 is 1.09 bits per heavy atom. The van der Waals surface area contributed by atoms with Crippen LogP contribution in [0.2, 0.25) is 0 Å². The molecule has 3 aromatic rings. The van der Waals surface area contributed by atoms with Crippen LogP contribution in [0.3, 0.4) is 0 Å². The van der Waals surface area contributed by atoms with Crippen molar-refractivity contribution >= 4 is 23.6 Å². The lowest BCUT2D eigenvalue weighted by molar-refractivity contribution is -0.145. The molecule has 2 amide bonds. The number of ether oxygens (including phenoxy) is 1. The molecule has 1 N–H and O–H groups in total. The highest BCUT2D eigenvalue weighted by atomic mass is 16.5. The molecular weight excluding hydrogens is 446 g/mol. The van der Waals surface area contributed by atoms with E-state index in [9.17, 15) is 9.59 Å². The molecule has 3 heterocycles. The lowest BCUT2D eigenvalue weighted by Gasteiger charge is -2.37. The number of carbonyl (C=O) groups excluding carboxylic acids is 2. The summed E-state index contributed by atoms with van der Waals surface area (Å²) in [5.74, 6) is 1.26. The molecule has 1 saturated heterocycles. The average molecular weight is 478 g/mol. The number of nitrogens with one attached hydrogen (secondary N) is 1. The molecule has 1 aliphatic carbocycles. The number of rotatable bonds is 6. The first kappa shape index (κ1) is 23.1. The Balaban J connectivity index is 1.27. The molecule has 1 aromatic carbocycles. The standard InChI is InChI=1S/C25H31N7O3/c1-2-35-23(33)21(16-18-8-4-3-5-9-18)29-25(34)31-14-12-30(13-15-31)22-19-10-6-7-11-20(19)28-24-26-17-27-32(22)24/h3-5,8-9,17,21H,2,6-7,10-16H2,1H3,(H,29,34). The number of piperazine rings is 1. The van der Waals surface area contributed by atoms with Gasteiger partial charge in [-0.1, -0.05) is 30.3 Å². The van der Waals surface area contributed by atoms with Crippen molar-refractivity contribution in [3.63, 3.8) is 0 Å². The van der Waals surface area contributed by atoms with Gasteiger partial charge >= 0.3 is 12.0 Å². The number of carbonyl (C=O) groups is 2. The Morgan fingerprint density at radius 2 is 1.86 bits per heavy atom. The van der Waals surface area contributed by atoms with E-state index in [4.69, 9.17) is 9.72 Å². The molecule has 0 saturated carbocycles. The number of hydrogen-bond acceptors (Lipinski definition) is 7. The Morgan fingerprint density at radius 3 is 2.63 bits per heavy atom. The van der Waals surface area contributed by atoms with Crippen LogP contribution in [0.1, 0.15) is 36.6 Å². The van der Waals surface area contributed by atoms with Gasteiger partial charge in [-0.3, -0.25) is 0 Å². The van der Waals surface area contributed by atoms with Crippen molar-refractivity contribution in [1.82, 2.24) is 29.8 Å².